The Bertz CT molecular complexity index is 1460. The molecule has 11 heteroatoms. The molecule has 1 fully saturated rings. The number of nitrogens with zero attached hydrogens (tertiary/aromatic N) is 4. The van der Waals surface area contributed by atoms with E-state index in [2.05, 4.69) is 15.1 Å². The molecule has 10 nitrogen and oxygen atoms in total. The van der Waals surface area contributed by atoms with Crippen LogP contribution < -0.4 is 9.47 Å². The molecule has 182 valence electrons. The molecular formula is C24H24N4O6S. The molecule has 4 aromatic heterocycles. The third-order valence-electron chi connectivity index (χ3n) is 6.09. The zero-order valence-electron chi connectivity index (χ0n) is 19.3. The summed E-state index contributed by atoms with van der Waals surface area (Å²) < 4.78 is 30.3. The minimum Gasteiger partial charge on any atom is -0.496 e. The molecule has 6 rings (SSSR count). The molecule has 1 N–H and O–H groups in total. The normalized spacial score (nSPS) is 15.7. The van der Waals surface area contributed by atoms with Gasteiger partial charge in [-0.1, -0.05) is 6.92 Å². The number of hydrogen-bond donors (Lipinski definition) is 1. The van der Waals surface area contributed by atoms with E-state index >= 15 is 0 Å². The van der Waals surface area contributed by atoms with Crippen molar-refractivity contribution in [1.82, 2.24) is 19.6 Å². The number of fused-ring (bicyclic) bond motifs is 2. The molecule has 1 aromatic carbocycles. The Hall–Kier alpha value is -3.41. The van der Waals surface area contributed by atoms with Crippen molar-refractivity contribution < 1.29 is 28.2 Å². The highest BCUT2D eigenvalue weighted by Crippen LogP contribution is 2.38. The van der Waals surface area contributed by atoms with Gasteiger partial charge in [-0.15, -0.1) is 16.4 Å². The van der Waals surface area contributed by atoms with Crippen molar-refractivity contribution in [3.8, 4) is 23.0 Å². The second-order valence-corrected chi connectivity index (χ2v) is 9.29. The molecule has 0 bridgehead atoms. The molecule has 1 aliphatic heterocycles. The predicted molar refractivity (Wildman–Crippen MR) is 127 cm³/mol. The van der Waals surface area contributed by atoms with Gasteiger partial charge in [0, 0.05) is 50.0 Å². The Morgan fingerprint density at radius 1 is 1.17 bits per heavy atom. The summed E-state index contributed by atoms with van der Waals surface area (Å²) in [7, 11) is 1.59. The van der Waals surface area contributed by atoms with Crippen molar-refractivity contribution in [2.45, 2.75) is 38.4 Å². The summed E-state index contributed by atoms with van der Waals surface area (Å²) in [4.78, 5) is 9.12. The lowest BCUT2D eigenvalue weighted by Crippen LogP contribution is -2.33. The summed E-state index contributed by atoms with van der Waals surface area (Å²) in [5.41, 5.74) is 1.03. The molecule has 0 radical (unpaired) electrons. The van der Waals surface area contributed by atoms with Crippen LogP contribution in [0.1, 0.15) is 36.4 Å². The number of ether oxygens (including phenoxy) is 3. The van der Waals surface area contributed by atoms with Crippen LogP contribution in [0.25, 0.3) is 28.3 Å². The number of furan rings is 1. The fourth-order valence-corrected chi connectivity index (χ4v) is 5.07. The number of rotatable bonds is 7. The second-order valence-electron chi connectivity index (χ2n) is 8.43. The van der Waals surface area contributed by atoms with Gasteiger partial charge >= 0.3 is 5.84 Å². The first kappa shape index (κ1) is 22.1. The number of thiazole rings is 1. The Labute approximate surface area is 204 Å². The van der Waals surface area contributed by atoms with Crippen LogP contribution in [0.5, 0.6) is 11.5 Å². The maximum Gasteiger partial charge on any atom is 0.325 e. The van der Waals surface area contributed by atoms with Gasteiger partial charge in [0.1, 0.15) is 40.0 Å². The first-order valence-electron chi connectivity index (χ1n) is 11.4. The van der Waals surface area contributed by atoms with E-state index in [1.165, 1.54) is 11.3 Å². The summed E-state index contributed by atoms with van der Waals surface area (Å²) in [6, 6.07) is 5.50. The zero-order chi connectivity index (χ0) is 24.0. The van der Waals surface area contributed by atoms with Crippen LogP contribution in [-0.4, -0.2) is 45.0 Å². The third kappa shape index (κ3) is 4.05. The van der Waals surface area contributed by atoms with Crippen molar-refractivity contribution in [2.24, 2.45) is 0 Å². The average Bonchev–Trinajstić information content (AvgIpc) is 3.65. The van der Waals surface area contributed by atoms with E-state index < -0.39 is 5.60 Å². The highest BCUT2D eigenvalue weighted by Gasteiger charge is 2.34. The fraction of sp³-hybridized carbons (Fsp3) is 0.375. The molecule has 0 saturated carbocycles. The molecule has 35 heavy (non-hydrogen) atoms. The van der Waals surface area contributed by atoms with Crippen LogP contribution in [-0.2, 0) is 23.4 Å². The molecule has 0 aliphatic carbocycles. The summed E-state index contributed by atoms with van der Waals surface area (Å²) in [5.74, 6) is 2.81. The number of methoxy groups -OCH3 is 1. The average molecular weight is 497 g/mol. The van der Waals surface area contributed by atoms with Crippen LogP contribution >= 0.6 is 11.3 Å². The SMILES string of the molecule is CCc1nn2cc(-c3cc4c(OCc5csc(C6(O)CCOCC6)n5)cc(OC)cc4o3)nc2o1. The Morgan fingerprint density at radius 3 is 2.80 bits per heavy atom. The predicted octanol–water partition coefficient (Wildman–Crippen LogP) is 4.34. The molecule has 0 amide bonds. The zero-order valence-corrected chi connectivity index (χ0v) is 20.1. The monoisotopic (exact) mass is 496 g/mol. The number of aliphatic hydroxyl groups is 1. The largest absolute Gasteiger partial charge is 0.496 e. The molecule has 5 heterocycles. The van der Waals surface area contributed by atoms with Crippen molar-refractivity contribution in [3.63, 3.8) is 0 Å². The van der Waals surface area contributed by atoms with Crippen LogP contribution in [0.2, 0.25) is 0 Å². The lowest BCUT2D eigenvalue weighted by molar-refractivity contribution is -0.0681. The molecule has 5 aromatic rings. The van der Waals surface area contributed by atoms with Crippen LogP contribution in [0.3, 0.4) is 0 Å². The van der Waals surface area contributed by atoms with Gasteiger partial charge in [0.2, 0.25) is 5.89 Å². The standard InChI is InChI=1S/C24H24N4O6S/c1-3-21-27-28-11-17(26-23(28)34-21)20-10-16-18(8-15(30-2)9-19(16)33-20)32-12-14-13-35-22(25-14)24(29)4-6-31-7-5-24/h8-11,13,29H,3-7,12H2,1-2H3. The van der Waals surface area contributed by atoms with Gasteiger partial charge < -0.3 is 28.2 Å². The van der Waals surface area contributed by atoms with E-state index in [-0.39, 0.29) is 6.61 Å². The number of aromatic nitrogens is 4. The molecule has 0 unspecified atom stereocenters. The van der Waals surface area contributed by atoms with E-state index in [0.29, 0.717) is 77.8 Å². The number of hydrogen-bond acceptors (Lipinski definition) is 10. The Balaban J connectivity index is 1.27. The Kier molecular flexibility index (Phi) is 5.47. The van der Waals surface area contributed by atoms with E-state index in [1.54, 1.807) is 23.9 Å². The number of benzene rings is 1. The highest BCUT2D eigenvalue weighted by atomic mass is 32.1. The van der Waals surface area contributed by atoms with Gasteiger partial charge in [0.05, 0.1) is 24.4 Å². The van der Waals surface area contributed by atoms with E-state index in [9.17, 15) is 5.11 Å². The smallest absolute Gasteiger partial charge is 0.325 e. The lowest BCUT2D eigenvalue weighted by Gasteiger charge is -2.29. The minimum absolute atomic E-state index is 0.243. The summed E-state index contributed by atoms with van der Waals surface area (Å²) >= 11 is 1.44. The Morgan fingerprint density at radius 2 is 2.03 bits per heavy atom. The maximum absolute atomic E-state index is 10.9. The van der Waals surface area contributed by atoms with Gasteiger partial charge in [-0.25, -0.2) is 4.98 Å². The molecular weight excluding hydrogens is 472 g/mol. The molecule has 1 saturated heterocycles. The molecule has 0 atom stereocenters. The van der Waals surface area contributed by atoms with Gasteiger partial charge in [0.15, 0.2) is 5.76 Å². The van der Waals surface area contributed by atoms with Crippen LogP contribution in [0, 0.1) is 0 Å². The van der Waals surface area contributed by atoms with Crippen molar-refractivity contribution >= 4 is 28.2 Å². The summed E-state index contributed by atoms with van der Waals surface area (Å²) in [6.07, 6.45) is 3.55. The topological polar surface area (TPSA) is 117 Å². The van der Waals surface area contributed by atoms with Crippen LogP contribution in [0.15, 0.2) is 38.6 Å². The first-order chi connectivity index (χ1) is 17.0. The number of aryl methyl sites for hydroxylation is 1. The van der Waals surface area contributed by atoms with Crippen LogP contribution in [0.4, 0.5) is 0 Å². The van der Waals surface area contributed by atoms with E-state index in [4.69, 9.17) is 23.0 Å². The van der Waals surface area contributed by atoms with E-state index in [1.807, 2.05) is 24.4 Å². The van der Waals surface area contributed by atoms with Gasteiger partial charge in [-0.2, -0.15) is 9.50 Å². The summed E-state index contributed by atoms with van der Waals surface area (Å²) in [5, 5.41) is 18.7. The van der Waals surface area contributed by atoms with Gasteiger partial charge in [0.25, 0.3) is 0 Å². The van der Waals surface area contributed by atoms with E-state index in [0.717, 1.165) is 11.1 Å². The minimum atomic E-state index is -0.930. The van der Waals surface area contributed by atoms with Crippen molar-refractivity contribution in [3.05, 3.63) is 46.4 Å². The molecule has 1 aliphatic rings. The quantitative estimate of drug-likeness (QED) is 0.351. The lowest BCUT2D eigenvalue weighted by atomic mass is 9.95. The van der Waals surface area contributed by atoms with Crippen molar-refractivity contribution in [2.75, 3.05) is 20.3 Å². The molecule has 0 spiro atoms. The highest BCUT2D eigenvalue weighted by molar-refractivity contribution is 7.09. The van der Waals surface area contributed by atoms with Gasteiger partial charge in [-0.3, -0.25) is 0 Å². The fourth-order valence-electron chi connectivity index (χ4n) is 4.11. The maximum atomic E-state index is 10.9. The van der Waals surface area contributed by atoms with Crippen molar-refractivity contribution in [1.29, 1.82) is 0 Å². The van der Waals surface area contributed by atoms with Gasteiger partial charge in [-0.05, 0) is 6.07 Å². The summed E-state index contributed by atoms with van der Waals surface area (Å²) in [6.45, 7) is 3.28. The first-order valence-corrected chi connectivity index (χ1v) is 12.3. The third-order valence-corrected chi connectivity index (χ3v) is 7.18. The number of imidazole rings is 1. The second kappa shape index (κ2) is 8.67.